The fraction of sp³-hybridized carbons (Fsp3) is 0.524. The van der Waals surface area contributed by atoms with E-state index in [-0.39, 0.29) is 17.2 Å². The normalized spacial score (nSPS) is 24.8. The smallest absolute Gasteiger partial charge is 0.315 e. The largest absolute Gasteiger partial charge is 0.465 e. The van der Waals surface area contributed by atoms with Gasteiger partial charge in [0.25, 0.3) is 0 Å². The molecule has 0 aromatic carbocycles. The molecule has 0 N–H and O–H groups in total. The molecule has 5 nitrogen and oxygen atoms in total. The molecule has 0 amide bonds. The van der Waals surface area contributed by atoms with E-state index in [2.05, 4.69) is 23.8 Å². The Morgan fingerprint density at radius 2 is 2.08 bits per heavy atom. The first-order valence-corrected chi connectivity index (χ1v) is 9.23. The molecule has 0 saturated heterocycles. The van der Waals surface area contributed by atoms with Crippen molar-refractivity contribution in [3.05, 3.63) is 41.4 Å². The van der Waals surface area contributed by atoms with Crippen molar-refractivity contribution in [3.8, 4) is 0 Å². The number of pyridine rings is 1. The molecule has 0 saturated carbocycles. The van der Waals surface area contributed by atoms with Gasteiger partial charge in [-0.3, -0.25) is 19.6 Å². The van der Waals surface area contributed by atoms with Crippen LogP contribution < -0.4 is 0 Å². The van der Waals surface area contributed by atoms with Gasteiger partial charge in [-0.25, -0.2) is 0 Å². The number of hydrogen-bond donors (Lipinski definition) is 0. The van der Waals surface area contributed by atoms with Crippen molar-refractivity contribution >= 4 is 17.5 Å². The molecule has 26 heavy (non-hydrogen) atoms. The number of rotatable bonds is 4. The summed E-state index contributed by atoms with van der Waals surface area (Å²) in [5.74, 6) is -1.28. The third kappa shape index (κ3) is 3.48. The maximum absolute atomic E-state index is 13.0. The number of Topliss-reactive ketones (excluding diaryl/α,β-unsaturated/α-hetero) is 1. The van der Waals surface area contributed by atoms with Gasteiger partial charge in [0.15, 0.2) is 5.78 Å². The molecule has 2 heterocycles. The molecule has 5 heteroatoms. The van der Waals surface area contributed by atoms with Gasteiger partial charge in [-0.1, -0.05) is 26.8 Å². The van der Waals surface area contributed by atoms with Crippen LogP contribution >= 0.6 is 0 Å². The highest BCUT2D eigenvalue weighted by Crippen LogP contribution is 2.47. The number of allylic oxidation sites excluding steroid dienone is 2. The number of aliphatic imine (C=N–C) groups is 1. The van der Waals surface area contributed by atoms with E-state index in [0.717, 1.165) is 24.2 Å². The quantitative estimate of drug-likeness (QED) is 0.770. The molecular formula is C21H26N2O3. The zero-order chi connectivity index (χ0) is 18.9. The molecule has 0 fully saturated rings. The second-order valence-electron chi connectivity index (χ2n) is 7.93. The molecule has 2 atom stereocenters. The number of esters is 1. The summed E-state index contributed by atoms with van der Waals surface area (Å²) in [4.78, 5) is 35.0. The highest BCUT2D eigenvalue weighted by molar-refractivity contribution is 6.08. The van der Waals surface area contributed by atoms with E-state index in [1.807, 2.05) is 32.0 Å². The third-order valence-corrected chi connectivity index (χ3v) is 5.01. The van der Waals surface area contributed by atoms with Crippen molar-refractivity contribution in [2.24, 2.45) is 16.3 Å². The Morgan fingerprint density at radius 3 is 2.73 bits per heavy atom. The highest BCUT2D eigenvalue weighted by Gasteiger charge is 2.46. The van der Waals surface area contributed by atoms with Gasteiger partial charge in [-0.15, -0.1) is 0 Å². The minimum absolute atomic E-state index is 0.0662. The molecule has 1 aromatic rings. The highest BCUT2D eigenvalue weighted by atomic mass is 16.5. The molecule has 1 unspecified atom stereocenters. The lowest BCUT2D eigenvalue weighted by Crippen LogP contribution is -2.39. The monoisotopic (exact) mass is 354 g/mol. The summed E-state index contributed by atoms with van der Waals surface area (Å²) in [6, 6.07) is 5.59. The van der Waals surface area contributed by atoms with Crippen LogP contribution in [-0.2, 0) is 14.3 Å². The van der Waals surface area contributed by atoms with Crippen LogP contribution in [0.5, 0.6) is 0 Å². The van der Waals surface area contributed by atoms with Crippen LogP contribution in [-0.4, -0.2) is 29.1 Å². The number of carbonyl (C=O) groups is 2. The second-order valence-corrected chi connectivity index (χ2v) is 7.93. The molecule has 2 aliphatic rings. The average Bonchev–Trinajstić information content (AvgIpc) is 2.58. The van der Waals surface area contributed by atoms with Crippen LogP contribution in [0.1, 0.15) is 58.6 Å². The summed E-state index contributed by atoms with van der Waals surface area (Å²) in [6.07, 6.45) is 3.64. The van der Waals surface area contributed by atoms with Crippen LogP contribution in [0.15, 0.2) is 40.7 Å². The first-order valence-electron chi connectivity index (χ1n) is 9.23. The van der Waals surface area contributed by atoms with Gasteiger partial charge in [0.05, 0.1) is 12.5 Å². The Kier molecular flexibility index (Phi) is 5.08. The van der Waals surface area contributed by atoms with Crippen LogP contribution in [0.2, 0.25) is 0 Å². The number of carbonyl (C=O) groups excluding carboxylic acids is 2. The van der Waals surface area contributed by atoms with E-state index < -0.39 is 11.8 Å². The average molecular weight is 354 g/mol. The summed E-state index contributed by atoms with van der Waals surface area (Å²) < 4.78 is 5.43. The van der Waals surface area contributed by atoms with Gasteiger partial charge in [-0.2, -0.15) is 0 Å². The minimum Gasteiger partial charge on any atom is -0.465 e. The summed E-state index contributed by atoms with van der Waals surface area (Å²) in [5.41, 5.74) is 2.75. The lowest BCUT2D eigenvalue weighted by atomic mass is 9.67. The number of hydrogen-bond acceptors (Lipinski definition) is 5. The van der Waals surface area contributed by atoms with Crippen molar-refractivity contribution < 1.29 is 14.3 Å². The minimum atomic E-state index is -0.597. The topological polar surface area (TPSA) is 68.6 Å². The fourth-order valence-corrected chi connectivity index (χ4v) is 3.92. The van der Waals surface area contributed by atoms with E-state index in [1.54, 1.807) is 6.20 Å². The van der Waals surface area contributed by atoms with E-state index in [4.69, 9.17) is 4.74 Å². The first-order chi connectivity index (χ1) is 12.3. The van der Waals surface area contributed by atoms with Crippen LogP contribution in [0.4, 0.5) is 0 Å². The van der Waals surface area contributed by atoms with E-state index in [9.17, 15) is 9.59 Å². The molecule has 3 rings (SSSR count). The van der Waals surface area contributed by atoms with E-state index >= 15 is 0 Å². The van der Waals surface area contributed by atoms with Crippen LogP contribution in [0, 0.1) is 11.3 Å². The first kappa shape index (κ1) is 18.5. The third-order valence-electron chi connectivity index (χ3n) is 5.01. The van der Waals surface area contributed by atoms with Gasteiger partial charge in [-0.05, 0) is 37.3 Å². The summed E-state index contributed by atoms with van der Waals surface area (Å²) in [5, 5.41) is 0. The van der Waals surface area contributed by atoms with Gasteiger partial charge >= 0.3 is 5.97 Å². The Hall–Kier alpha value is -2.30. The predicted octanol–water partition coefficient (Wildman–Crippen LogP) is 3.85. The summed E-state index contributed by atoms with van der Waals surface area (Å²) in [7, 11) is 0. The molecule has 1 aromatic heterocycles. The Bertz CT molecular complexity index is 778. The molecule has 1 aliphatic heterocycles. The SMILES string of the molecule is CCCOC(=O)C1C(C)=NC2=C(C(=O)CC(C)(C)C2)[C@@H]1c1ccccn1. The van der Waals surface area contributed by atoms with Crippen molar-refractivity contribution in [2.45, 2.75) is 52.9 Å². The zero-order valence-electron chi connectivity index (χ0n) is 15.9. The van der Waals surface area contributed by atoms with E-state index in [0.29, 0.717) is 24.3 Å². The van der Waals surface area contributed by atoms with Crippen molar-refractivity contribution in [3.63, 3.8) is 0 Å². The number of nitrogens with zero attached hydrogens (tertiary/aromatic N) is 2. The second kappa shape index (κ2) is 7.14. The van der Waals surface area contributed by atoms with Gasteiger partial charge in [0.1, 0.15) is 5.92 Å². The molecule has 138 valence electrons. The Morgan fingerprint density at radius 1 is 1.31 bits per heavy atom. The predicted molar refractivity (Wildman–Crippen MR) is 99.9 cm³/mol. The molecule has 0 spiro atoms. The van der Waals surface area contributed by atoms with Crippen molar-refractivity contribution in [2.75, 3.05) is 6.61 Å². The number of ether oxygens (including phenoxy) is 1. The summed E-state index contributed by atoms with van der Waals surface area (Å²) >= 11 is 0. The standard InChI is InChI=1S/C21H26N2O3/c1-5-10-26-20(25)17-13(2)23-15-11-21(3,4)12-16(24)18(15)19(17)14-8-6-7-9-22-14/h6-9,17,19H,5,10-12H2,1-4H3/t17?,19-/m1/s1. The molecule has 0 bridgehead atoms. The van der Waals surface area contributed by atoms with Crippen LogP contribution in [0.3, 0.4) is 0 Å². The lowest BCUT2D eigenvalue weighted by Gasteiger charge is -2.38. The molecule has 0 radical (unpaired) electrons. The Labute approximate surface area is 154 Å². The molecular weight excluding hydrogens is 328 g/mol. The summed E-state index contributed by atoms with van der Waals surface area (Å²) in [6.45, 7) is 8.33. The van der Waals surface area contributed by atoms with Crippen molar-refractivity contribution in [1.29, 1.82) is 0 Å². The maximum Gasteiger partial charge on any atom is 0.315 e. The lowest BCUT2D eigenvalue weighted by molar-refractivity contribution is -0.146. The van der Waals surface area contributed by atoms with Gasteiger partial charge < -0.3 is 4.74 Å². The van der Waals surface area contributed by atoms with Gasteiger partial charge in [0, 0.05) is 35.3 Å². The number of ketones is 1. The van der Waals surface area contributed by atoms with Crippen molar-refractivity contribution in [1.82, 2.24) is 4.98 Å². The van der Waals surface area contributed by atoms with Crippen LogP contribution in [0.25, 0.3) is 0 Å². The zero-order valence-corrected chi connectivity index (χ0v) is 15.9. The fourth-order valence-electron chi connectivity index (χ4n) is 3.92. The maximum atomic E-state index is 13.0. The van der Waals surface area contributed by atoms with E-state index in [1.165, 1.54) is 0 Å². The number of aromatic nitrogens is 1. The molecule has 1 aliphatic carbocycles. The van der Waals surface area contributed by atoms with Gasteiger partial charge in [0.2, 0.25) is 0 Å². The Balaban J connectivity index is 2.11.